The third-order valence-electron chi connectivity index (χ3n) is 3.33. The van der Waals surface area contributed by atoms with Gasteiger partial charge in [-0.15, -0.1) is 0 Å². The number of unbranched alkanes of at least 4 members (excludes halogenated alkanes) is 5. The molecule has 0 spiro atoms. The molecule has 0 aliphatic rings. The number of carbonyl (C=O) groups is 1. The molecule has 1 atom stereocenters. The van der Waals surface area contributed by atoms with Crippen molar-refractivity contribution in [2.45, 2.75) is 70.8 Å². The van der Waals surface area contributed by atoms with Gasteiger partial charge in [-0.3, -0.25) is 4.79 Å². The average Bonchev–Trinajstić information content (AvgIpc) is 2.52. The largest absolute Gasteiger partial charge is 0.469 e. The van der Waals surface area contributed by atoms with Crippen LogP contribution in [0.25, 0.3) is 0 Å². The predicted molar refractivity (Wildman–Crippen MR) is 92.7 cm³/mol. The zero-order chi connectivity index (χ0) is 16.5. The lowest BCUT2D eigenvalue weighted by Gasteiger charge is -2.00. The van der Waals surface area contributed by atoms with Crippen LogP contribution in [0.2, 0.25) is 0 Å². The first kappa shape index (κ1) is 20.6. The van der Waals surface area contributed by atoms with Crippen LogP contribution < -0.4 is 0 Å². The van der Waals surface area contributed by atoms with Crippen molar-refractivity contribution in [3.05, 3.63) is 36.5 Å². The average molecular weight is 308 g/mol. The first-order valence-electron chi connectivity index (χ1n) is 8.44. The van der Waals surface area contributed by atoms with E-state index in [-0.39, 0.29) is 5.97 Å². The number of hydrogen-bond acceptors (Lipinski definition) is 3. The Kier molecular flexibility index (Phi) is 15.0. The monoisotopic (exact) mass is 308 g/mol. The molecule has 3 nitrogen and oxygen atoms in total. The van der Waals surface area contributed by atoms with Crippen LogP contribution in [-0.4, -0.2) is 24.3 Å². The highest BCUT2D eigenvalue weighted by Gasteiger charge is 1.98. The summed E-state index contributed by atoms with van der Waals surface area (Å²) in [5, 5.41) is 9.76. The Labute approximate surface area is 135 Å². The molecule has 126 valence electrons. The van der Waals surface area contributed by atoms with Gasteiger partial charge in [0.2, 0.25) is 0 Å². The Morgan fingerprint density at radius 1 is 1.05 bits per heavy atom. The van der Waals surface area contributed by atoms with E-state index >= 15 is 0 Å². The molecule has 0 saturated carbocycles. The van der Waals surface area contributed by atoms with E-state index in [1.807, 2.05) is 24.3 Å². The van der Waals surface area contributed by atoms with E-state index < -0.39 is 6.10 Å². The van der Waals surface area contributed by atoms with Crippen LogP contribution in [0.1, 0.15) is 64.7 Å². The number of rotatable bonds is 13. The predicted octanol–water partition coefficient (Wildman–Crippen LogP) is 4.72. The van der Waals surface area contributed by atoms with Gasteiger partial charge in [0, 0.05) is 6.42 Å². The molecule has 22 heavy (non-hydrogen) atoms. The Morgan fingerprint density at radius 2 is 1.77 bits per heavy atom. The Bertz CT molecular complexity index is 343. The molecular formula is C19H32O3. The van der Waals surface area contributed by atoms with E-state index in [2.05, 4.69) is 23.8 Å². The molecule has 1 N–H and O–H groups in total. The summed E-state index contributed by atoms with van der Waals surface area (Å²) in [7, 11) is 1.41. The summed E-state index contributed by atoms with van der Waals surface area (Å²) >= 11 is 0. The number of esters is 1. The number of aliphatic hydroxyl groups is 1. The third kappa shape index (κ3) is 15.0. The van der Waals surface area contributed by atoms with Gasteiger partial charge in [-0.05, 0) is 38.5 Å². The summed E-state index contributed by atoms with van der Waals surface area (Å²) in [6.07, 6.45) is 20.3. The minimum absolute atomic E-state index is 0.146. The SMILES string of the molecule is CCCCC/C=C/C=C/C(O)C/C=C\CCCCC(=O)OC. The molecule has 0 rings (SSSR count). The highest BCUT2D eigenvalue weighted by Crippen LogP contribution is 2.04. The lowest BCUT2D eigenvalue weighted by molar-refractivity contribution is -0.140. The Hall–Kier alpha value is -1.35. The van der Waals surface area contributed by atoms with E-state index in [4.69, 9.17) is 0 Å². The number of carbonyl (C=O) groups excluding carboxylic acids is 1. The van der Waals surface area contributed by atoms with Gasteiger partial charge >= 0.3 is 5.97 Å². The van der Waals surface area contributed by atoms with E-state index in [0.29, 0.717) is 12.8 Å². The lowest BCUT2D eigenvalue weighted by Crippen LogP contribution is -1.99. The number of allylic oxidation sites excluding steroid dienone is 4. The zero-order valence-corrected chi connectivity index (χ0v) is 14.2. The maximum atomic E-state index is 10.9. The maximum Gasteiger partial charge on any atom is 0.305 e. The number of ether oxygens (including phenoxy) is 1. The van der Waals surface area contributed by atoms with Gasteiger partial charge in [0.25, 0.3) is 0 Å². The van der Waals surface area contributed by atoms with Gasteiger partial charge in [0.15, 0.2) is 0 Å². The lowest BCUT2D eigenvalue weighted by atomic mass is 10.1. The summed E-state index contributed by atoms with van der Waals surface area (Å²) < 4.78 is 4.58. The number of aliphatic hydroxyl groups excluding tert-OH is 1. The Morgan fingerprint density at radius 3 is 2.50 bits per heavy atom. The minimum atomic E-state index is -0.424. The van der Waals surface area contributed by atoms with E-state index in [1.165, 1.54) is 26.4 Å². The van der Waals surface area contributed by atoms with Crippen molar-refractivity contribution in [3.63, 3.8) is 0 Å². The highest BCUT2D eigenvalue weighted by atomic mass is 16.5. The van der Waals surface area contributed by atoms with Crippen molar-refractivity contribution in [2.75, 3.05) is 7.11 Å². The van der Waals surface area contributed by atoms with Gasteiger partial charge in [-0.25, -0.2) is 0 Å². The van der Waals surface area contributed by atoms with E-state index in [9.17, 15) is 9.90 Å². The van der Waals surface area contributed by atoms with Crippen molar-refractivity contribution < 1.29 is 14.6 Å². The smallest absolute Gasteiger partial charge is 0.305 e. The van der Waals surface area contributed by atoms with Gasteiger partial charge < -0.3 is 9.84 Å². The molecule has 0 radical (unpaired) electrons. The fourth-order valence-corrected chi connectivity index (χ4v) is 1.95. The molecule has 0 amide bonds. The van der Waals surface area contributed by atoms with Crippen LogP contribution in [0.3, 0.4) is 0 Å². The first-order chi connectivity index (χ1) is 10.7. The molecule has 0 saturated heterocycles. The van der Waals surface area contributed by atoms with Crippen LogP contribution in [0.5, 0.6) is 0 Å². The zero-order valence-electron chi connectivity index (χ0n) is 14.2. The highest BCUT2D eigenvalue weighted by molar-refractivity contribution is 5.68. The molecule has 0 aromatic carbocycles. The minimum Gasteiger partial charge on any atom is -0.469 e. The molecule has 0 aliphatic carbocycles. The molecule has 0 fully saturated rings. The molecule has 1 unspecified atom stereocenters. The fourth-order valence-electron chi connectivity index (χ4n) is 1.95. The second-order valence-corrected chi connectivity index (χ2v) is 5.41. The Balaban J connectivity index is 3.56. The maximum absolute atomic E-state index is 10.9. The molecule has 0 aromatic rings. The van der Waals surface area contributed by atoms with Crippen LogP contribution in [-0.2, 0) is 9.53 Å². The topological polar surface area (TPSA) is 46.5 Å². The standard InChI is InChI=1S/C19H32O3/c1-3-4-5-6-7-9-12-15-18(20)16-13-10-8-11-14-17-19(21)22-2/h7,9-10,12-13,15,18,20H,3-6,8,11,14,16-17H2,1-2H3/b9-7+,13-10-,15-12+. The van der Waals surface area contributed by atoms with Gasteiger partial charge in [0.1, 0.15) is 0 Å². The number of hydrogen-bond donors (Lipinski definition) is 1. The van der Waals surface area contributed by atoms with Gasteiger partial charge in [0.05, 0.1) is 13.2 Å². The van der Waals surface area contributed by atoms with E-state index in [0.717, 1.165) is 25.7 Å². The third-order valence-corrected chi connectivity index (χ3v) is 3.33. The molecule has 3 heteroatoms. The molecule has 0 aromatic heterocycles. The molecule has 0 heterocycles. The second-order valence-electron chi connectivity index (χ2n) is 5.41. The van der Waals surface area contributed by atoms with Crippen molar-refractivity contribution in [2.24, 2.45) is 0 Å². The number of methoxy groups -OCH3 is 1. The molecular weight excluding hydrogens is 276 g/mol. The van der Waals surface area contributed by atoms with Crippen molar-refractivity contribution in [1.29, 1.82) is 0 Å². The van der Waals surface area contributed by atoms with Crippen LogP contribution >= 0.6 is 0 Å². The summed E-state index contributed by atoms with van der Waals surface area (Å²) in [6, 6.07) is 0. The first-order valence-corrected chi connectivity index (χ1v) is 8.44. The summed E-state index contributed by atoms with van der Waals surface area (Å²) in [5.74, 6) is -0.146. The van der Waals surface area contributed by atoms with Crippen LogP contribution in [0.4, 0.5) is 0 Å². The summed E-state index contributed by atoms with van der Waals surface area (Å²) in [6.45, 7) is 2.20. The molecule has 0 bridgehead atoms. The second kappa shape index (κ2) is 16.0. The fraction of sp³-hybridized carbons (Fsp3) is 0.632. The van der Waals surface area contributed by atoms with E-state index in [1.54, 1.807) is 0 Å². The van der Waals surface area contributed by atoms with Gasteiger partial charge in [-0.2, -0.15) is 0 Å². The van der Waals surface area contributed by atoms with Crippen molar-refractivity contribution in [1.82, 2.24) is 0 Å². The quantitative estimate of drug-likeness (QED) is 0.232. The molecule has 0 aliphatic heterocycles. The van der Waals surface area contributed by atoms with Crippen LogP contribution in [0, 0.1) is 0 Å². The van der Waals surface area contributed by atoms with Crippen LogP contribution in [0.15, 0.2) is 36.5 Å². The van der Waals surface area contributed by atoms with Crippen molar-refractivity contribution >= 4 is 5.97 Å². The summed E-state index contributed by atoms with van der Waals surface area (Å²) in [5.41, 5.74) is 0. The summed E-state index contributed by atoms with van der Waals surface area (Å²) in [4.78, 5) is 10.9. The van der Waals surface area contributed by atoms with Crippen molar-refractivity contribution in [3.8, 4) is 0 Å². The normalized spacial score (nSPS) is 13.4. The van der Waals surface area contributed by atoms with Gasteiger partial charge in [-0.1, -0.05) is 56.2 Å².